The Labute approximate surface area is 123 Å². The Morgan fingerprint density at radius 3 is 2.60 bits per heavy atom. The Morgan fingerprint density at radius 1 is 1.30 bits per heavy atom. The van der Waals surface area contributed by atoms with E-state index < -0.39 is 10.8 Å². The van der Waals surface area contributed by atoms with Gasteiger partial charge >= 0.3 is 0 Å². The largest absolute Gasteiger partial charge is 0.329 e. The van der Waals surface area contributed by atoms with Gasteiger partial charge in [-0.05, 0) is 32.6 Å². The summed E-state index contributed by atoms with van der Waals surface area (Å²) in [6.07, 6.45) is 5.01. The zero-order chi connectivity index (χ0) is 14.9. The minimum atomic E-state index is -0.969. The van der Waals surface area contributed by atoms with Crippen molar-refractivity contribution in [3.8, 4) is 0 Å². The number of amides is 2. The zero-order valence-electron chi connectivity index (χ0n) is 12.5. The molecule has 4 atom stereocenters. The van der Waals surface area contributed by atoms with Crippen molar-refractivity contribution in [1.29, 1.82) is 0 Å². The van der Waals surface area contributed by atoms with Crippen LogP contribution in [0.1, 0.15) is 39.5 Å². The summed E-state index contributed by atoms with van der Waals surface area (Å²) >= 11 is 0. The molecule has 2 aliphatic rings. The Morgan fingerprint density at radius 2 is 2.00 bits per heavy atom. The van der Waals surface area contributed by atoms with Crippen LogP contribution in [0.2, 0.25) is 0 Å². The van der Waals surface area contributed by atoms with Crippen LogP contribution in [0.5, 0.6) is 0 Å². The van der Waals surface area contributed by atoms with Gasteiger partial charge in [0.15, 0.2) is 0 Å². The third-order valence-corrected chi connectivity index (χ3v) is 5.24. The second-order valence-corrected chi connectivity index (χ2v) is 7.28. The van der Waals surface area contributed by atoms with E-state index in [0.29, 0.717) is 18.7 Å². The number of carbonyl (C=O) groups is 2. The van der Waals surface area contributed by atoms with Gasteiger partial charge in [0.2, 0.25) is 11.8 Å². The molecule has 0 saturated carbocycles. The van der Waals surface area contributed by atoms with Crippen molar-refractivity contribution >= 4 is 22.6 Å². The molecule has 6 heteroatoms. The molecule has 20 heavy (non-hydrogen) atoms. The fourth-order valence-corrected chi connectivity index (χ4v) is 4.24. The summed E-state index contributed by atoms with van der Waals surface area (Å²) in [7, 11) is -0.969. The molecule has 0 N–H and O–H groups in total. The van der Waals surface area contributed by atoms with Crippen molar-refractivity contribution in [3.05, 3.63) is 0 Å². The SMILES string of the molecule is CCC1C(=O)N2CCCCC2C(=O)N1C(C)CS(C)=O. The highest BCUT2D eigenvalue weighted by Crippen LogP contribution is 2.28. The van der Waals surface area contributed by atoms with Gasteiger partial charge in [0.1, 0.15) is 12.1 Å². The first-order valence-electron chi connectivity index (χ1n) is 7.40. The van der Waals surface area contributed by atoms with Gasteiger partial charge in [0.25, 0.3) is 0 Å². The van der Waals surface area contributed by atoms with E-state index in [1.54, 1.807) is 16.1 Å². The van der Waals surface area contributed by atoms with Gasteiger partial charge in [-0.25, -0.2) is 0 Å². The summed E-state index contributed by atoms with van der Waals surface area (Å²) in [5.41, 5.74) is 0. The van der Waals surface area contributed by atoms with Gasteiger partial charge in [-0.2, -0.15) is 0 Å². The molecule has 0 aliphatic carbocycles. The Kier molecular flexibility index (Phi) is 4.83. The standard InChI is InChI=1S/C14H24N2O3S/c1-4-11-13(17)15-8-6-5-7-12(15)14(18)16(11)10(2)9-20(3)19/h10-12H,4-9H2,1-3H3. The van der Waals surface area contributed by atoms with E-state index in [4.69, 9.17) is 0 Å². The normalized spacial score (nSPS) is 30.1. The van der Waals surface area contributed by atoms with Crippen molar-refractivity contribution in [2.24, 2.45) is 0 Å². The Bertz CT molecular complexity index is 427. The molecule has 0 aromatic rings. The van der Waals surface area contributed by atoms with E-state index in [0.717, 1.165) is 19.3 Å². The topological polar surface area (TPSA) is 57.7 Å². The number of hydrogen-bond donors (Lipinski definition) is 0. The molecule has 0 aromatic heterocycles. The van der Waals surface area contributed by atoms with Crippen LogP contribution < -0.4 is 0 Å². The van der Waals surface area contributed by atoms with Gasteiger partial charge in [-0.15, -0.1) is 0 Å². The molecule has 4 unspecified atom stereocenters. The van der Waals surface area contributed by atoms with Gasteiger partial charge in [-0.1, -0.05) is 6.92 Å². The molecular formula is C14H24N2O3S. The quantitative estimate of drug-likeness (QED) is 0.770. The molecule has 2 rings (SSSR count). The van der Waals surface area contributed by atoms with Crippen molar-refractivity contribution in [1.82, 2.24) is 9.80 Å². The van der Waals surface area contributed by atoms with Gasteiger partial charge in [0, 0.05) is 35.4 Å². The fraction of sp³-hybridized carbons (Fsp3) is 0.857. The average molecular weight is 300 g/mol. The highest BCUT2D eigenvalue weighted by atomic mass is 32.2. The Balaban J connectivity index is 2.26. The minimum absolute atomic E-state index is 0.0501. The second-order valence-electron chi connectivity index (χ2n) is 5.80. The lowest BCUT2D eigenvalue weighted by Gasteiger charge is -2.48. The molecule has 2 amide bonds. The first-order valence-corrected chi connectivity index (χ1v) is 9.12. The Hall–Kier alpha value is -0.910. The lowest BCUT2D eigenvalue weighted by atomic mass is 9.93. The van der Waals surface area contributed by atoms with Crippen LogP contribution >= 0.6 is 0 Å². The number of hydrogen-bond acceptors (Lipinski definition) is 3. The summed E-state index contributed by atoms with van der Waals surface area (Å²) in [6, 6.07) is -0.812. The summed E-state index contributed by atoms with van der Waals surface area (Å²) in [6.45, 7) is 4.53. The molecule has 0 radical (unpaired) electrons. The van der Waals surface area contributed by atoms with Crippen molar-refractivity contribution < 1.29 is 13.8 Å². The van der Waals surface area contributed by atoms with Crippen LogP contribution in [0.4, 0.5) is 0 Å². The van der Waals surface area contributed by atoms with E-state index in [1.807, 2.05) is 13.8 Å². The smallest absolute Gasteiger partial charge is 0.246 e. The van der Waals surface area contributed by atoms with E-state index >= 15 is 0 Å². The van der Waals surface area contributed by atoms with E-state index in [-0.39, 0.29) is 29.9 Å². The number of rotatable bonds is 4. The molecule has 0 spiro atoms. The van der Waals surface area contributed by atoms with Gasteiger partial charge in [-0.3, -0.25) is 13.8 Å². The number of piperidine rings is 1. The monoisotopic (exact) mass is 300 g/mol. The maximum absolute atomic E-state index is 12.7. The average Bonchev–Trinajstić information content (AvgIpc) is 2.41. The number of nitrogens with zero attached hydrogens (tertiary/aromatic N) is 2. The van der Waals surface area contributed by atoms with Crippen molar-refractivity contribution in [2.75, 3.05) is 18.6 Å². The first-order chi connectivity index (χ1) is 9.47. The lowest BCUT2D eigenvalue weighted by molar-refractivity contribution is -0.165. The van der Waals surface area contributed by atoms with Crippen LogP contribution in [-0.4, -0.2) is 62.5 Å². The molecule has 2 saturated heterocycles. The van der Waals surface area contributed by atoms with E-state index in [9.17, 15) is 13.8 Å². The molecule has 0 aromatic carbocycles. The zero-order valence-corrected chi connectivity index (χ0v) is 13.3. The number of fused-ring (bicyclic) bond motifs is 1. The molecule has 0 bridgehead atoms. The summed E-state index contributed by atoms with van der Waals surface area (Å²) in [5.74, 6) is 0.557. The predicted molar refractivity (Wildman–Crippen MR) is 78.7 cm³/mol. The summed E-state index contributed by atoms with van der Waals surface area (Å²) < 4.78 is 11.4. The van der Waals surface area contributed by atoms with E-state index in [1.165, 1.54) is 0 Å². The molecule has 2 heterocycles. The highest BCUT2D eigenvalue weighted by molar-refractivity contribution is 7.84. The molecule has 2 aliphatic heterocycles. The first kappa shape index (κ1) is 15.5. The maximum Gasteiger partial charge on any atom is 0.246 e. The minimum Gasteiger partial charge on any atom is -0.329 e. The van der Waals surface area contributed by atoms with Crippen molar-refractivity contribution in [3.63, 3.8) is 0 Å². The fourth-order valence-electron chi connectivity index (χ4n) is 3.40. The molecule has 114 valence electrons. The second kappa shape index (κ2) is 6.24. The highest BCUT2D eigenvalue weighted by Gasteiger charge is 2.47. The maximum atomic E-state index is 12.7. The summed E-state index contributed by atoms with van der Waals surface area (Å²) in [5, 5.41) is 0. The van der Waals surface area contributed by atoms with Crippen LogP contribution in [0.3, 0.4) is 0 Å². The van der Waals surface area contributed by atoms with Gasteiger partial charge in [0.05, 0.1) is 0 Å². The van der Waals surface area contributed by atoms with E-state index in [2.05, 4.69) is 0 Å². The molecule has 2 fully saturated rings. The summed E-state index contributed by atoms with van der Waals surface area (Å²) in [4.78, 5) is 28.8. The van der Waals surface area contributed by atoms with Crippen LogP contribution in [-0.2, 0) is 20.4 Å². The van der Waals surface area contributed by atoms with Gasteiger partial charge < -0.3 is 9.80 Å². The van der Waals surface area contributed by atoms with Crippen LogP contribution in [0, 0.1) is 0 Å². The molecular weight excluding hydrogens is 276 g/mol. The lowest BCUT2D eigenvalue weighted by Crippen LogP contribution is -2.67. The number of piperazine rings is 1. The number of carbonyl (C=O) groups excluding carboxylic acids is 2. The third kappa shape index (κ3) is 2.75. The predicted octanol–water partition coefficient (Wildman–Crippen LogP) is 0.755. The van der Waals surface area contributed by atoms with Crippen LogP contribution in [0.25, 0.3) is 0 Å². The molecule has 5 nitrogen and oxygen atoms in total. The van der Waals surface area contributed by atoms with Crippen LogP contribution in [0.15, 0.2) is 0 Å². The third-order valence-electron chi connectivity index (χ3n) is 4.28. The van der Waals surface area contributed by atoms with Crippen molar-refractivity contribution in [2.45, 2.75) is 57.7 Å².